The van der Waals surface area contributed by atoms with Gasteiger partial charge in [-0.05, 0) is 42.5 Å². The van der Waals surface area contributed by atoms with Gasteiger partial charge in [0.15, 0.2) is 0 Å². The molecule has 3 aromatic carbocycles. The summed E-state index contributed by atoms with van der Waals surface area (Å²) in [4.78, 5) is 12.2. The molecule has 0 heterocycles. The molecule has 116 valence electrons. The summed E-state index contributed by atoms with van der Waals surface area (Å²) in [5, 5.41) is 11.8. The third kappa shape index (κ3) is 3.79. The van der Waals surface area contributed by atoms with Crippen LogP contribution >= 0.6 is 0 Å². The van der Waals surface area contributed by atoms with Crippen molar-refractivity contribution >= 4 is 11.6 Å². The van der Waals surface area contributed by atoms with Crippen molar-refractivity contribution in [2.75, 3.05) is 5.32 Å². The second-order valence-corrected chi connectivity index (χ2v) is 5.09. The zero-order valence-electron chi connectivity index (χ0n) is 12.8. The van der Waals surface area contributed by atoms with Gasteiger partial charge in [0.1, 0.15) is 11.5 Å². The zero-order valence-corrected chi connectivity index (χ0v) is 12.8. The molecule has 3 aromatic rings. The molecular weight excluding hydrogens is 300 g/mol. The Balaban J connectivity index is 1.74. The molecule has 0 fully saturated rings. The van der Waals surface area contributed by atoms with Gasteiger partial charge in [-0.1, -0.05) is 30.3 Å². The van der Waals surface area contributed by atoms with Crippen LogP contribution < -0.4 is 10.1 Å². The van der Waals surface area contributed by atoms with Crippen molar-refractivity contribution < 1.29 is 9.53 Å². The number of hydrogen-bond donors (Lipinski definition) is 1. The minimum absolute atomic E-state index is 0.181. The van der Waals surface area contributed by atoms with E-state index in [0.717, 1.165) is 0 Å². The predicted molar refractivity (Wildman–Crippen MR) is 92.1 cm³/mol. The molecule has 0 aliphatic heterocycles. The molecule has 0 aliphatic carbocycles. The maximum Gasteiger partial charge on any atom is 0.255 e. The van der Waals surface area contributed by atoms with Gasteiger partial charge in [0, 0.05) is 17.3 Å². The second-order valence-electron chi connectivity index (χ2n) is 5.09. The van der Waals surface area contributed by atoms with Crippen LogP contribution in [0.4, 0.5) is 5.69 Å². The minimum Gasteiger partial charge on any atom is -0.457 e. The SMILES string of the molecule is N#Cc1cccc(Oc2cccc(NC(=O)c3ccccc3)c2)c1. The van der Waals surface area contributed by atoms with E-state index < -0.39 is 0 Å². The molecule has 0 radical (unpaired) electrons. The van der Waals surface area contributed by atoms with Crippen LogP contribution in [0, 0.1) is 11.3 Å². The first-order chi connectivity index (χ1) is 11.7. The number of rotatable bonds is 4. The molecule has 1 amide bonds. The lowest BCUT2D eigenvalue weighted by Crippen LogP contribution is -2.11. The van der Waals surface area contributed by atoms with Crippen molar-refractivity contribution in [1.82, 2.24) is 0 Å². The summed E-state index contributed by atoms with van der Waals surface area (Å²) in [5.41, 5.74) is 1.75. The van der Waals surface area contributed by atoms with E-state index in [9.17, 15) is 4.79 Å². The summed E-state index contributed by atoms with van der Waals surface area (Å²) >= 11 is 0. The van der Waals surface area contributed by atoms with Crippen LogP contribution in [0.5, 0.6) is 11.5 Å². The Kier molecular flexibility index (Phi) is 4.55. The minimum atomic E-state index is -0.181. The molecular formula is C20H14N2O2. The maximum absolute atomic E-state index is 12.2. The Morgan fingerprint density at radius 1 is 0.875 bits per heavy atom. The third-order valence-electron chi connectivity index (χ3n) is 3.33. The van der Waals surface area contributed by atoms with Crippen LogP contribution in [0.25, 0.3) is 0 Å². The van der Waals surface area contributed by atoms with Gasteiger partial charge in [-0.25, -0.2) is 0 Å². The van der Waals surface area contributed by atoms with Gasteiger partial charge in [0.2, 0.25) is 0 Å². The number of anilines is 1. The first-order valence-electron chi connectivity index (χ1n) is 7.39. The molecule has 3 rings (SSSR count). The van der Waals surface area contributed by atoms with Crippen molar-refractivity contribution in [3.8, 4) is 17.6 Å². The lowest BCUT2D eigenvalue weighted by molar-refractivity contribution is 0.102. The summed E-state index contributed by atoms with van der Waals surface area (Å²) in [6.45, 7) is 0. The summed E-state index contributed by atoms with van der Waals surface area (Å²) < 4.78 is 5.75. The van der Waals surface area contributed by atoms with E-state index >= 15 is 0 Å². The number of amides is 1. The van der Waals surface area contributed by atoms with E-state index in [1.807, 2.05) is 18.2 Å². The Hall–Kier alpha value is -3.58. The van der Waals surface area contributed by atoms with Gasteiger partial charge < -0.3 is 10.1 Å². The quantitative estimate of drug-likeness (QED) is 0.765. The van der Waals surface area contributed by atoms with E-state index in [4.69, 9.17) is 10.00 Å². The average molecular weight is 314 g/mol. The molecule has 0 saturated carbocycles. The highest BCUT2D eigenvalue weighted by Crippen LogP contribution is 2.25. The first kappa shape index (κ1) is 15.3. The van der Waals surface area contributed by atoms with Crippen molar-refractivity contribution in [3.63, 3.8) is 0 Å². The predicted octanol–water partition coefficient (Wildman–Crippen LogP) is 4.60. The van der Waals surface area contributed by atoms with Crippen LogP contribution in [0.2, 0.25) is 0 Å². The van der Waals surface area contributed by atoms with Crippen LogP contribution in [0.1, 0.15) is 15.9 Å². The number of carbonyl (C=O) groups is 1. The summed E-state index contributed by atoms with van der Waals surface area (Å²) in [5.74, 6) is 0.968. The van der Waals surface area contributed by atoms with Gasteiger partial charge in [-0.3, -0.25) is 4.79 Å². The fourth-order valence-electron chi connectivity index (χ4n) is 2.20. The van der Waals surface area contributed by atoms with Crippen molar-refractivity contribution in [1.29, 1.82) is 5.26 Å². The largest absolute Gasteiger partial charge is 0.457 e. The van der Waals surface area contributed by atoms with Crippen molar-refractivity contribution in [3.05, 3.63) is 90.0 Å². The number of carbonyl (C=O) groups excluding carboxylic acids is 1. The molecule has 4 nitrogen and oxygen atoms in total. The standard InChI is InChI=1S/C20H14N2O2/c21-14-15-6-4-10-18(12-15)24-19-11-5-9-17(13-19)22-20(23)16-7-2-1-3-8-16/h1-13H,(H,22,23). The molecule has 0 saturated heterocycles. The Bertz CT molecular complexity index is 899. The molecule has 1 N–H and O–H groups in total. The molecule has 24 heavy (non-hydrogen) atoms. The lowest BCUT2D eigenvalue weighted by atomic mass is 10.2. The summed E-state index contributed by atoms with van der Waals surface area (Å²) in [7, 11) is 0. The van der Waals surface area contributed by atoms with Gasteiger partial charge in [0.25, 0.3) is 5.91 Å². The van der Waals surface area contributed by atoms with Crippen molar-refractivity contribution in [2.24, 2.45) is 0 Å². The molecule has 0 aromatic heterocycles. The molecule has 0 aliphatic rings. The normalized spacial score (nSPS) is 9.79. The van der Waals surface area contributed by atoms with E-state index in [1.54, 1.807) is 60.7 Å². The lowest BCUT2D eigenvalue weighted by Gasteiger charge is -2.09. The smallest absolute Gasteiger partial charge is 0.255 e. The number of benzene rings is 3. The third-order valence-corrected chi connectivity index (χ3v) is 3.33. The highest BCUT2D eigenvalue weighted by atomic mass is 16.5. The number of ether oxygens (including phenoxy) is 1. The molecule has 0 bridgehead atoms. The fourth-order valence-corrected chi connectivity index (χ4v) is 2.20. The number of nitriles is 1. The second kappa shape index (κ2) is 7.12. The molecule has 0 spiro atoms. The molecule has 0 atom stereocenters. The summed E-state index contributed by atoms with van der Waals surface area (Å²) in [6.07, 6.45) is 0. The van der Waals surface area contributed by atoms with Crippen LogP contribution in [-0.4, -0.2) is 5.91 Å². The zero-order chi connectivity index (χ0) is 16.8. The van der Waals surface area contributed by atoms with Crippen LogP contribution in [0.3, 0.4) is 0 Å². The fraction of sp³-hybridized carbons (Fsp3) is 0. The van der Waals surface area contributed by atoms with E-state index in [0.29, 0.717) is 28.3 Å². The van der Waals surface area contributed by atoms with Crippen LogP contribution in [-0.2, 0) is 0 Å². The Labute approximate surface area is 139 Å². The van der Waals surface area contributed by atoms with Gasteiger partial charge >= 0.3 is 0 Å². The Morgan fingerprint density at radius 3 is 2.33 bits per heavy atom. The monoisotopic (exact) mass is 314 g/mol. The van der Waals surface area contributed by atoms with Gasteiger partial charge in [-0.15, -0.1) is 0 Å². The summed E-state index contributed by atoms with van der Waals surface area (Å²) in [6, 6.07) is 25.1. The topological polar surface area (TPSA) is 62.1 Å². The number of nitrogens with one attached hydrogen (secondary N) is 1. The van der Waals surface area contributed by atoms with E-state index in [2.05, 4.69) is 11.4 Å². The van der Waals surface area contributed by atoms with Gasteiger partial charge in [-0.2, -0.15) is 5.26 Å². The highest BCUT2D eigenvalue weighted by Gasteiger charge is 2.06. The van der Waals surface area contributed by atoms with E-state index in [-0.39, 0.29) is 5.91 Å². The Morgan fingerprint density at radius 2 is 1.58 bits per heavy atom. The average Bonchev–Trinajstić information content (AvgIpc) is 2.63. The van der Waals surface area contributed by atoms with Crippen molar-refractivity contribution in [2.45, 2.75) is 0 Å². The number of hydrogen-bond acceptors (Lipinski definition) is 3. The molecule has 0 unspecified atom stereocenters. The first-order valence-corrected chi connectivity index (χ1v) is 7.39. The maximum atomic E-state index is 12.2. The number of nitrogens with zero attached hydrogens (tertiary/aromatic N) is 1. The van der Waals surface area contributed by atoms with Gasteiger partial charge in [0.05, 0.1) is 11.6 Å². The van der Waals surface area contributed by atoms with Crippen LogP contribution in [0.15, 0.2) is 78.9 Å². The highest BCUT2D eigenvalue weighted by molar-refractivity contribution is 6.04. The molecule has 4 heteroatoms. The van der Waals surface area contributed by atoms with E-state index in [1.165, 1.54) is 0 Å².